The van der Waals surface area contributed by atoms with Crippen LogP contribution in [0.3, 0.4) is 0 Å². The molecule has 1 aromatic rings. The van der Waals surface area contributed by atoms with Crippen molar-refractivity contribution in [3.63, 3.8) is 0 Å². The lowest BCUT2D eigenvalue weighted by Gasteiger charge is -2.36. The number of carbonyl (C=O) groups excluding carboxylic acids is 1. The Morgan fingerprint density at radius 1 is 1.27 bits per heavy atom. The lowest BCUT2D eigenvalue weighted by molar-refractivity contribution is 0.159. The van der Waals surface area contributed by atoms with E-state index in [9.17, 15) is 4.79 Å². The van der Waals surface area contributed by atoms with Crippen LogP contribution in [0, 0.1) is 17.9 Å². The first-order chi connectivity index (χ1) is 10.6. The van der Waals surface area contributed by atoms with Crippen molar-refractivity contribution >= 4 is 6.09 Å². The summed E-state index contributed by atoms with van der Waals surface area (Å²) in [6.07, 6.45) is 3.91. The molecule has 1 amide bonds. The summed E-state index contributed by atoms with van der Waals surface area (Å²) in [6, 6.07) is 13.1. The number of cyclic esters (lactones) is 1. The van der Waals surface area contributed by atoms with Gasteiger partial charge in [0.1, 0.15) is 12.1 Å². The highest BCUT2D eigenvalue weighted by molar-refractivity contribution is 5.74. The van der Waals surface area contributed by atoms with Gasteiger partial charge in [0.15, 0.2) is 0 Å². The Balaban J connectivity index is 2.29. The maximum atomic E-state index is 12.2. The van der Waals surface area contributed by atoms with Gasteiger partial charge in [0.25, 0.3) is 0 Å². The zero-order chi connectivity index (χ0) is 16.0. The second kappa shape index (κ2) is 7.35. The zero-order valence-corrected chi connectivity index (χ0v) is 13.8. The molecule has 0 saturated carbocycles. The largest absolute Gasteiger partial charge is 0.446 e. The molecule has 3 nitrogen and oxygen atoms in total. The number of unbranched alkanes of at least 4 members (excludes halogenated alkanes) is 3. The van der Waals surface area contributed by atoms with Crippen molar-refractivity contribution in [2.45, 2.75) is 52.0 Å². The van der Waals surface area contributed by atoms with Gasteiger partial charge in [-0.25, -0.2) is 9.69 Å². The molecule has 118 valence electrons. The van der Waals surface area contributed by atoms with Crippen LogP contribution in [0.5, 0.6) is 0 Å². The standard InChI is InChI=1S/C19H25NO2/c1-4-5-6-7-11-14-20-18(21)22-15-19(20,16(2)3)17-12-9-8-10-13-17/h8-10,12-13,16H,4-7,15H2,1-3H3/t19-/m1/s1. The molecule has 2 rings (SSSR count). The van der Waals surface area contributed by atoms with E-state index in [1.54, 1.807) is 4.90 Å². The molecule has 1 aromatic carbocycles. The van der Waals surface area contributed by atoms with Gasteiger partial charge in [-0.05, 0) is 17.9 Å². The quantitative estimate of drug-likeness (QED) is 0.590. The zero-order valence-electron chi connectivity index (χ0n) is 13.8. The van der Waals surface area contributed by atoms with E-state index < -0.39 is 5.54 Å². The molecule has 1 heterocycles. The molecule has 1 saturated heterocycles. The molecule has 0 N–H and O–H groups in total. The third kappa shape index (κ3) is 3.11. The smallest absolute Gasteiger partial charge is 0.422 e. The third-order valence-electron chi connectivity index (χ3n) is 4.32. The van der Waals surface area contributed by atoms with Crippen molar-refractivity contribution in [2.75, 3.05) is 6.61 Å². The van der Waals surface area contributed by atoms with Crippen LogP contribution in [0.1, 0.15) is 52.0 Å². The summed E-state index contributed by atoms with van der Waals surface area (Å²) >= 11 is 0. The molecule has 1 aliphatic heterocycles. The molecule has 1 aliphatic rings. The van der Waals surface area contributed by atoms with Gasteiger partial charge in [0, 0.05) is 12.5 Å². The van der Waals surface area contributed by atoms with Gasteiger partial charge in [-0.15, -0.1) is 0 Å². The lowest BCUT2D eigenvalue weighted by atomic mass is 9.80. The number of hydrogen-bond donors (Lipinski definition) is 0. The van der Waals surface area contributed by atoms with E-state index in [2.05, 4.69) is 32.7 Å². The molecule has 0 radical (unpaired) electrons. The number of nitrogens with zero attached hydrogens (tertiary/aromatic N) is 1. The van der Waals surface area contributed by atoms with Crippen molar-refractivity contribution in [3.8, 4) is 12.0 Å². The van der Waals surface area contributed by atoms with Crippen molar-refractivity contribution < 1.29 is 9.53 Å². The van der Waals surface area contributed by atoms with Crippen LogP contribution in [-0.2, 0) is 10.3 Å². The Morgan fingerprint density at radius 3 is 2.64 bits per heavy atom. The molecular weight excluding hydrogens is 274 g/mol. The van der Waals surface area contributed by atoms with E-state index >= 15 is 0 Å². The highest BCUT2D eigenvalue weighted by atomic mass is 16.6. The first-order valence-electron chi connectivity index (χ1n) is 8.14. The Hall–Kier alpha value is -1.95. The Morgan fingerprint density at radius 2 is 2.00 bits per heavy atom. The van der Waals surface area contributed by atoms with E-state index in [4.69, 9.17) is 4.74 Å². The molecule has 22 heavy (non-hydrogen) atoms. The molecule has 0 aromatic heterocycles. The summed E-state index contributed by atoms with van der Waals surface area (Å²) in [5, 5.41) is 0. The minimum atomic E-state index is -0.490. The van der Waals surface area contributed by atoms with Gasteiger partial charge in [0.2, 0.25) is 0 Å². The highest BCUT2D eigenvalue weighted by Gasteiger charge is 2.50. The fraction of sp³-hybridized carbons (Fsp3) is 0.526. The molecule has 1 atom stereocenters. The molecule has 1 fully saturated rings. The molecule has 0 unspecified atom stereocenters. The first-order valence-corrected chi connectivity index (χ1v) is 8.14. The van der Waals surface area contributed by atoms with Crippen molar-refractivity contribution in [2.24, 2.45) is 5.92 Å². The second-order valence-corrected chi connectivity index (χ2v) is 6.08. The monoisotopic (exact) mass is 299 g/mol. The number of rotatable bonds is 5. The maximum absolute atomic E-state index is 12.2. The fourth-order valence-corrected chi connectivity index (χ4v) is 2.90. The molecule has 0 aliphatic carbocycles. The third-order valence-corrected chi connectivity index (χ3v) is 4.32. The molecule has 0 spiro atoms. The minimum Gasteiger partial charge on any atom is -0.446 e. The van der Waals surface area contributed by atoms with Crippen LogP contribution in [-0.4, -0.2) is 17.6 Å². The van der Waals surface area contributed by atoms with Crippen molar-refractivity contribution in [1.82, 2.24) is 4.90 Å². The summed E-state index contributed by atoms with van der Waals surface area (Å²) in [4.78, 5) is 13.8. The predicted octanol–water partition coefficient (Wildman–Crippen LogP) is 4.53. The molecule has 0 bridgehead atoms. The number of amides is 1. The SMILES string of the molecule is CCCCCC#CN1C(=O)OC[C@]1(c1ccccc1)C(C)C. The van der Waals surface area contributed by atoms with Crippen LogP contribution in [0.15, 0.2) is 30.3 Å². The molecular formula is C19H25NO2. The summed E-state index contributed by atoms with van der Waals surface area (Å²) in [6.45, 7) is 6.75. The van der Waals surface area contributed by atoms with Crippen molar-refractivity contribution in [1.29, 1.82) is 0 Å². The predicted molar refractivity (Wildman–Crippen MR) is 88.1 cm³/mol. The van der Waals surface area contributed by atoms with Gasteiger partial charge < -0.3 is 4.74 Å². The number of benzene rings is 1. The fourth-order valence-electron chi connectivity index (χ4n) is 2.90. The highest BCUT2D eigenvalue weighted by Crippen LogP contribution is 2.40. The van der Waals surface area contributed by atoms with Crippen LogP contribution in [0.25, 0.3) is 0 Å². The van der Waals surface area contributed by atoms with Crippen LogP contribution in [0.4, 0.5) is 4.79 Å². The minimum absolute atomic E-state index is 0.214. The Labute approximate surface area is 133 Å². The Kier molecular flexibility index (Phi) is 5.49. The first kappa shape index (κ1) is 16.4. The Bertz CT molecular complexity index is 556. The van der Waals surface area contributed by atoms with Gasteiger partial charge >= 0.3 is 6.09 Å². The van der Waals surface area contributed by atoms with Gasteiger partial charge in [-0.2, -0.15) is 0 Å². The van der Waals surface area contributed by atoms with Crippen LogP contribution >= 0.6 is 0 Å². The number of hydrogen-bond acceptors (Lipinski definition) is 2. The van der Waals surface area contributed by atoms with Gasteiger partial charge in [-0.1, -0.05) is 69.9 Å². The number of ether oxygens (including phenoxy) is 1. The van der Waals surface area contributed by atoms with E-state index in [1.165, 1.54) is 12.8 Å². The van der Waals surface area contributed by atoms with Gasteiger partial charge in [0.05, 0.1) is 0 Å². The summed E-state index contributed by atoms with van der Waals surface area (Å²) < 4.78 is 5.36. The van der Waals surface area contributed by atoms with E-state index in [0.29, 0.717) is 6.61 Å². The van der Waals surface area contributed by atoms with Gasteiger partial charge in [-0.3, -0.25) is 0 Å². The average Bonchev–Trinajstić information content (AvgIpc) is 2.86. The number of carbonyl (C=O) groups is 1. The average molecular weight is 299 g/mol. The van der Waals surface area contributed by atoms with E-state index in [-0.39, 0.29) is 12.0 Å². The van der Waals surface area contributed by atoms with E-state index in [0.717, 1.165) is 18.4 Å². The summed E-state index contributed by atoms with van der Waals surface area (Å²) in [5.41, 5.74) is 0.592. The van der Waals surface area contributed by atoms with Crippen LogP contribution in [0.2, 0.25) is 0 Å². The lowest BCUT2D eigenvalue weighted by Crippen LogP contribution is -2.46. The van der Waals surface area contributed by atoms with Crippen molar-refractivity contribution in [3.05, 3.63) is 35.9 Å². The normalized spacial score (nSPS) is 20.7. The summed E-state index contributed by atoms with van der Waals surface area (Å²) in [5.74, 6) is 3.36. The van der Waals surface area contributed by atoms with E-state index in [1.807, 2.05) is 30.3 Å². The van der Waals surface area contributed by atoms with Crippen LogP contribution < -0.4 is 0 Å². The molecule has 3 heteroatoms. The topological polar surface area (TPSA) is 29.5 Å². The second-order valence-electron chi connectivity index (χ2n) is 6.08. The maximum Gasteiger partial charge on any atom is 0.422 e. The summed E-state index contributed by atoms with van der Waals surface area (Å²) in [7, 11) is 0.